The predicted molar refractivity (Wildman–Crippen MR) is 72.1 cm³/mol. The zero-order valence-corrected chi connectivity index (χ0v) is 12.1. The molecule has 0 aromatic carbocycles. The molecule has 0 aromatic rings. The van der Waals surface area contributed by atoms with Crippen LogP contribution in [0.5, 0.6) is 0 Å². The summed E-state index contributed by atoms with van der Waals surface area (Å²) in [7, 11) is -2.81. The monoisotopic (exact) mass is 276 g/mol. The van der Waals surface area contributed by atoms with Crippen molar-refractivity contribution in [2.45, 2.75) is 39.2 Å². The van der Waals surface area contributed by atoms with Gasteiger partial charge in [0.2, 0.25) is 5.91 Å². The standard InChI is InChI=1S/C12H24N2O3S/c1-3-11(4-2)14-12(15)8-13-7-10-5-6-18(16,17)9-10/h10-11,13H,3-9H2,1-2H3,(H,14,15). The van der Waals surface area contributed by atoms with Crippen molar-refractivity contribution in [2.75, 3.05) is 24.6 Å². The second kappa shape index (κ2) is 7.09. The Balaban J connectivity index is 2.16. The van der Waals surface area contributed by atoms with Crippen LogP contribution in [0.3, 0.4) is 0 Å². The van der Waals surface area contributed by atoms with E-state index in [9.17, 15) is 13.2 Å². The number of amides is 1. The maximum Gasteiger partial charge on any atom is 0.234 e. The van der Waals surface area contributed by atoms with Crippen LogP contribution < -0.4 is 10.6 Å². The van der Waals surface area contributed by atoms with E-state index >= 15 is 0 Å². The molecule has 1 amide bonds. The minimum atomic E-state index is -2.81. The van der Waals surface area contributed by atoms with Gasteiger partial charge in [0.25, 0.3) is 0 Å². The van der Waals surface area contributed by atoms with E-state index in [1.807, 2.05) is 13.8 Å². The van der Waals surface area contributed by atoms with Gasteiger partial charge in [0.05, 0.1) is 18.1 Å². The summed E-state index contributed by atoms with van der Waals surface area (Å²) in [5.41, 5.74) is 0. The van der Waals surface area contributed by atoms with Gasteiger partial charge in [-0.15, -0.1) is 0 Å². The molecule has 1 aliphatic heterocycles. The van der Waals surface area contributed by atoms with Gasteiger partial charge in [0.1, 0.15) is 0 Å². The Hall–Kier alpha value is -0.620. The summed E-state index contributed by atoms with van der Waals surface area (Å²) in [4.78, 5) is 11.6. The Bertz CT molecular complexity index is 364. The quantitative estimate of drug-likeness (QED) is 0.702. The molecule has 2 N–H and O–H groups in total. The van der Waals surface area contributed by atoms with E-state index in [4.69, 9.17) is 0 Å². The molecule has 106 valence electrons. The topological polar surface area (TPSA) is 75.3 Å². The minimum Gasteiger partial charge on any atom is -0.352 e. The van der Waals surface area contributed by atoms with Crippen LogP contribution in [0.4, 0.5) is 0 Å². The van der Waals surface area contributed by atoms with Gasteiger partial charge < -0.3 is 10.6 Å². The van der Waals surface area contributed by atoms with Crippen molar-refractivity contribution in [1.82, 2.24) is 10.6 Å². The number of hydrogen-bond acceptors (Lipinski definition) is 4. The third kappa shape index (κ3) is 5.35. The van der Waals surface area contributed by atoms with Crippen LogP contribution in [0.15, 0.2) is 0 Å². The second-order valence-corrected chi connectivity index (χ2v) is 7.21. The molecular weight excluding hydrogens is 252 g/mol. The average Bonchev–Trinajstić information content (AvgIpc) is 2.66. The molecular formula is C12H24N2O3S. The number of carbonyl (C=O) groups is 1. The molecule has 1 fully saturated rings. The maximum absolute atomic E-state index is 11.6. The summed E-state index contributed by atoms with van der Waals surface area (Å²) < 4.78 is 22.5. The summed E-state index contributed by atoms with van der Waals surface area (Å²) >= 11 is 0. The molecule has 0 aliphatic carbocycles. The summed E-state index contributed by atoms with van der Waals surface area (Å²) in [6, 6.07) is 0.242. The van der Waals surface area contributed by atoms with E-state index in [1.165, 1.54) is 0 Å². The first-order valence-corrected chi connectivity index (χ1v) is 8.49. The third-order valence-electron chi connectivity index (χ3n) is 3.40. The summed E-state index contributed by atoms with van der Waals surface area (Å²) in [6.45, 7) is 4.97. The fourth-order valence-corrected chi connectivity index (χ4v) is 4.06. The molecule has 5 nitrogen and oxygen atoms in total. The molecule has 18 heavy (non-hydrogen) atoms. The molecule has 0 aromatic heterocycles. The average molecular weight is 276 g/mol. The van der Waals surface area contributed by atoms with Gasteiger partial charge in [-0.3, -0.25) is 4.79 Å². The van der Waals surface area contributed by atoms with E-state index in [0.29, 0.717) is 18.7 Å². The van der Waals surface area contributed by atoms with Crippen molar-refractivity contribution in [3.05, 3.63) is 0 Å². The molecule has 1 heterocycles. The summed E-state index contributed by atoms with van der Waals surface area (Å²) in [6.07, 6.45) is 2.58. The Morgan fingerprint density at radius 2 is 2.00 bits per heavy atom. The van der Waals surface area contributed by atoms with Gasteiger partial charge in [-0.1, -0.05) is 13.8 Å². The lowest BCUT2D eigenvalue weighted by molar-refractivity contribution is -0.121. The maximum atomic E-state index is 11.6. The van der Waals surface area contributed by atoms with E-state index < -0.39 is 9.84 Å². The SMILES string of the molecule is CCC(CC)NC(=O)CNCC1CCS(=O)(=O)C1. The van der Waals surface area contributed by atoms with E-state index in [2.05, 4.69) is 10.6 Å². The number of nitrogens with one attached hydrogen (secondary N) is 2. The van der Waals surface area contributed by atoms with Gasteiger partial charge in [-0.05, 0) is 31.7 Å². The van der Waals surface area contributed by atoms with Crippen LogP contribution in [0, 0.1) is 5.92 Å². The lowest BCUT2D eigenvalue weighted by Crippen LogP contribution is -2.41. The lowest BCUT2D eigenvalue weighted by Gasteiger charge is -2.15. The zero-order valence-electron chi connectivity index (χ0n) is 11.2. The van der Waals surface area contributed by atoms with Crippen molar-refractivity contribution in [3.8, 4) is 0 Å². The fraction of sp³-hybridized carbons (Fsp3) is 0.917. The first kappa shape index (κ1) is 15.4. The molecule has 0 spiro atoms. The zero-order chi connectivity index (χ0) is 13.6. The number of hydrogen-bond donors (Lipinski definition) is 2. The van der Waals surface area contributed by atoms with Crippen LogP contribution in [-0.2, 0) is 14.6 Å². The van der Waals surface area contributed by atoms with Gasteiger partial charge in [-0.2, -0.15) is 0 Å². The lowest BCUT2D eigenvalue weighted by atomic mass is 10.1. The molecule has 1 rings (SSSR count). The molecule has 1 atom stereocenters. The highest BCUT2D eigenvalue weighted by atomic mass is 32.2. The van der Waals surface area contributed by atoms with Crippen LogP contribution in [0.25, 0.3) is 0 Å². The van der Waals surface area contributed by atoms with Gasteiger partial charge in [0.15, 0.2) is 9.84 Å². The largest absolute Gasteiger partial charge is 0.352 e. The normalized spacial score (nSPS) is 22.3. The molecule has 1 aliphatic rings. The minimum absolute atomic E-state index is 0.00967. The summed E-state index contributed by atoms with van der Waals surface area (Å²) in [5.74, 6) is 0.702. The smallest absolute Gasteiger partial charge is 0.234 e. The van der Waals surface area contributed by atoms with E-state index in [-0.39, 0.29) is 30.2 Å². The van der Waals surface area contributed by atoms with Crippen LogP contribution >= 0.6 is 0 Å². The number of sulfone groups is 1. The van der Waals surface area contributed by atoms with Crippen molar-refractivity contribution in [3.63, 3.8) is 0 Å². The predicted octanol–water partition coefficient (Wildman–Crippen LogP) is 0.316. The molecule has 0 saturated carbocycles. The van der Waals surface area contributed by atoms with Gasteiger partial charge >= 0.3 is 0 Å². The van der Waals surface area contributed by atoms with E-state index in [1.54, 1.807) is 0 Å². The Labute approximate surface area is 110 Å². The highest BCUT2D eigenvalue weighted by Gasteiger charge is 2.27. The highest BCUT2D eigenvalue weighted by molar-refractivity contribution is 7.91. The first-order chi connectivity index (χ1) is 8.46. The highest BCUT2D eigenvalue weighted by Crippen LogP contribution is 2.17. The Kier molecular flexibility index (Phi) is 6.08. The van der Waals surface area contributed by atoms with Crippen molar-refractivity contribution in [2.24, 2.45) is 5.92 Å². The van der Waals surface area contributed by atoms with Gasteiger partial charge in [-0.25, -0.2) is 8.42 Å². The number of rotatable bonds is 7. The molecule has 6 heteroatoms. The van der Waals surface area contributed by atoms with Crippen LogP contribution in [0.1, 0.15) is 33.1 Å². The molecule has 1 saturated heterocycles. The molecule has 0 bridgehead atoms. The van der Waals surface area contributed by atoms with Gasteiger partial charge in [0, 0.05) is 6.04 Å². The molecule has 0 radical (unpaired) electrons. The third-order valence-corrected chi connectivity index (χ3v) is 5.23. The van der Waals surface area contributed by atoms with Crippen molar-refractivity contribution in [1.29, 1.82) is 0 Å². The Morgan fingerprint density at radius 3 is 2.50 bits per heavy atom. The van der Waals surface area contributed by atoms with Crippen molar-refractivity contribution >= 4 is 15.7 Å². The van der Waals surface area contributed by atoms with Crippen molar-refractivity contribution < 1.29 is 13.2 Å². The van der Waals surface area contributed by atoms with Crippen LogP contribution in [0.2, 0.25) is 0 Å². The van der Waals surface area contributed by atoms with Crippen LogP contribution in [-0.4, -0.2) is 45.0 Å². The fourth-order valence-electron chi connectivity index (χ4n) is 2.19. The summed E-state index contributed by atoms with van der Waals surface area (Å²) in [5, 5.41) is 5.98. The van der Waals surface area contributed by atoms with E-state index in [0.717, 1.165) is 12.8 Å². The second-order valence-electron chi connectivity index (χ2n) is 4.98. The molecule has 1 unspecified atom stereocenters. The first-order valence-electron chi connectivity index (χ1n) is 6.67. The Morgan fingerprint density at radius 1 is 1.33 bits per heavy atom. The number of carbonyl (C=O) groups excluding carboxylic acids is 1.